The molecule has 7 nitrogen and oxygen atoms in total. The predicted molar refractivity (Wildman–Crippen MR) is 67.6 cm³/mol. The van der Waals surface area contributed by atoms with Gasteiger partial charge in [-0.3, -0.25) is 0 Å². The van der Waals surface area contributed by atoms with Gasteiger partial charge >= 0.3 is 5.97 Å². The fraction of sp³-hybridized carbons (Fsp3) is 0.154. The molecule has 0 atom stereocenters. The number of carbonyl (C=O) groups is 1. The Morgan fingerprint density at radius 2 is 2.00 bits per heavy atom. The largest absolute Gasteiger partial charge is 0.498 e. The molecule has 0 amide bonds. The molecule has 20 heavy (non-hydrogen) atoms. The maximum absolute atomic E-state index is 11.5. The maximum atomic E-state index is 11.5. The number of azo groups is 1. The van der Waals surface area contributed by atoms with Crippen LogP contribution in [0.3, 0.4) is 0 Å². The minimum absolute atomic E-state index is 0.0768. The van der Waals surface area contributed by atoms with Crippen molar-refractivity contribution in [2.24, 2.45) is 10.2 Å². The molecule has 7 heteroatoms. The van der Waals surface area contributed by atoms with Gasteiger partial charge in [0.1, 0.15) is 6.07 Å². The third kappa shape index (κ3) is 3.93. The number of aliphatic hydroxyl groups is 1. The van der Waals surface area contributed by atoms with Crippen molar-refractivity contribution in [3.8, 4) is 12.1 Å². The molecule has 1 N–H and O–H groups in total. The molecule has 0 fully saturated rings. The molecule has 100 valence electrons. The van der Waals surface area contributed by atoms with Gasteiger partial charge in [-0.2, -0.15) is 15.6 Å². The van der Waals surface area contributed by atoms with Gasteiger partial charge in [-0.25, -0.2) is 4.79 Å². The van der Waals surface area contributed by atoms with Crippen LogP contribution in [-0.4, -0.2) is 17.7 Å². The van der Waals surface area contributed by atoms with Crippen molar-refractivity contribution >= 4 is 11.7 Å². The van der Waals surface area contributed by atoms with Gasteiger partial charge in [-0.1, -0.05) is 0 Å². The standard InChI is InChI=1S/C13H10N4O3/c1-2-20-13(19)12(11(18)8-15)17-16-10-5-3-9(7-14)4-6-10/h3-6,18H,2H2,1H3/b12-11-,17-16?. The van der Waals surface area contributed by atoms with E-state index in [1.165, 1.54) is 30.3 Å². The molecule has 0 aliphatic rings. The summed E-state index contributed by atoms with van der Waals surface area (Å²) >= 11 is 0. The Hall–Kier alpha value is -3.19. The first-order valence-corrected chi connectivity index (χ1v) is 5.54. The number of esters is 1. The molecule has 1 aromatic carbocycles. The number of nitriles is 2. The summed E-state index contributed by atoms with van der Waals surface area (Å²) in [6.45, 7) is 1.66. The van der Waals surface area contributed by atoms with Crippen molar-refractivity contribution in [3.05, 3.63) is 41.3 Å². The molecule has 0 aromatic heterocycles. The summed E-state index contributed by atoms with van der Waals surface area (Å²) in [6, 6.07) is 9.40. The number of benzene rings is 1. The third-order valence-electron chi connectivity index (χ3n) is 2.06. The van der Waals surface area contributed by atoms with E-state index in [-0.39, 0.29) is 6.61 Å². The highest BCUT2D eigenvalue weighted by Gasteiger charge is 2.16. The smallest absolute Gasteiger partial charge is 0.363 e. The molecule has 0 aliphatic heterocycles. The molecule has 0 bridgehead atoms. The van der Waals surface area contributed by atoms with Gasteiger partial charge in [0.25, 0.3) is 0 Å². The molecule has 0 aliphatic carbocycles. The van der Waals surface area contributed by atoms with E-state index >= 15 is 0 Å². The van der Waals surface area contributed by atoms with Gasteiger partial charge < -0.3 is 9.84 Å². The van der Waals surface area contributed by atoms with Gasteiger partial charge in [-0.15, -0.1) is 5.11 Å². The van der Waals surface area contributed by atoms with Crippen molar-refractivity contribution in [1.82, 2.24) is 0 Å². The van der Waals surface area contributed by atoms with Gasteiger partial charge in [0.15, 0.2) is 0 Å². The summed E-state index contributed by atoms with van der Waals surface area (Å²) in [7, 11) is 0. The van der Waals surface area contributed by atoms with Crippen molar-refractivity contribution in [1.29, 1.82) is 10.5 Å². The van der Waals surface area contributed by atoms with Crippen LogP contribution < -0.4 is 0 Å². The number of ether oxygens (including phenoxy) is 1. The maximum Gasteiger partial charge on any atom is 0.363 e. The number of hydrogen-bond acceptors (Lipinski definition) is 7. The third-order valence-corrected chi connectivity index (χ3v) is 2.06. The molecule has 0 saturated carbocycles. The number of allylic oxidation sites excluding steroid dienone is 1. The van der Waals surface area contributed by atoms with E-state index in [1.54, 1.807) is 6.92 Å². The van der Waals surface area contributed by atoms with Crippen LogP contribution in [0.5, 0.6) is 0 Å². The SMILES string of the molecule is CCOC(=O)/C(N=Nc1ccc(C#N)cc1)=C(/O)C#N. The Bertz CT molecular complexity index is 633. The van der Waals surface area contributed by atoms with E-state index in [2.05, 4.69) is 15.0 Å². The summed E-state index contributed by atoms with van der Waals surface area (Å²) < 4.78 is 4.65. The van der Waals surface area contributed by atoms with E-state index in [9.17, 15) is 9.90 Å². The molecular weight excluding hydrogens is 260 g/mol. The molecule has 1 aromatic rings. The van der Waals surface area contributed by atoms with Crippen molar-refractivity contribution < 1.29 is 14.6 Å². The van der Waals surface area contributed by atoms with E-state index in [0.717, 1.165) is 0 Å². The van der Waals surface area contributed by atoms with Crippen LogP contribution in [0.25, 0.3) is 0 Å². The lowest BCUT2D eigenvalue weighted by Gasteiger charge is -2.00. The van der Waals surface area contributed by atoms with Crippen LogP contribution in [0.15, 0.2) is 46.0 Å². The van der Waals surface area contributed by atoms with E-state index in [1.807, 2.05) is 6.07 Å². The normalized spacial score (nSPS) is 11.3. The number of rotatable bonds is 4. The Kier molecular flexibility index (Phi) is 5.42. The molecule has 0 heterocycles. The monoisotopic (exact) mass is 270 g/mol. The minimum Gasteiger partial charge on any atom is -0.498 e. The van der Waals surface area contributed by atoms with Crippen LogP contribution in [0.4, 0.5) is 5.69 Å². The Morgan fingerprint density at radius 3 is 2.50 bits per heavy atom. The van der Waals surface area contributed by atoms with Gasteiger partial charge in [0, 0.05) is 0 Å². The summed E-state index contributed by atoms with van der Waals surface area (Å²) in [5.74, 6) is -1.82. The van der Waals surface area contributed by atoms with Gasteiger partial charge in [0.05, 0.1) is 23.9 Å². The van der Waals surface area contributed by atoms with Crippen LogP contribution in [0, 0.1) is 22.7 Å². The first kappa shape index (κ1) is 14.9. The minimum atomic E-state index is -0.941. The second-order valence-electron chi connectivity index (χ2n) is 3.39. The molecule has 0 unspecified atom stereocenters. The highest BCUT2D eigenvalue weighted by Crippen LogP contribution is 2.16. The Morgan fingerprint density at radius 1 is 1.35 bits per heavy atom. The van der Waals surface area contributed by atoms with Crippen molar-refractivity contribution in [2.75, 3.05) is 6.61 Å². The van der Waals surface area contributed by atoms with E-state index in [0.29, 0.717) is 11.3 Å². The van der Waals surface area contributed by atoms with Gasteiger partial charge in [0.2, 0.25) is 11.5 Å². The average Bonchev–Trinajstić information content (AvgIpc) is 2.48. The first-order chi connectivity index (χ1) is 9.62. The molecular formula is C13H10N4O3. The lowest BCUT2D eigenvalue weighted by atomic mass is 10.2. The van der Waals surface area contributed by atoms with Crippen LogP contribution in [-0.2, 0) is 9.53 Å². The Balaban J connectivity index is 3.01. The van der Waals surface area contributed by atoms with Crippen LogP contribution >= 0.6 is 0 Å². The highest BCUT2D eigenvalue weighted by molar-refractivity contribution is 5.89. The second kappa shape index (κ2) is 7.29. The van der Waals surface area contributed by atoms with Crippen molar-refractivity contribution in [2.45, 2.75) is 6.92 Å². The zero-order valence-corrected chi connectivity index (χ0v) is 10.6. The number of aliphatic hydroxyl groups excluding tert-OH is 1. The van der Waals surface area contributed by atoms with Gasteiger partial charge in [-0.05, 0) is 31.2 Å². The predicted octanol–water partition coefficient (Wildman–Crippen LogP) is 2.50. The summed E-state index contributed by atoms with van der Waals surface area (Å²) in [6.07, 6.45) is 0. The highest BCUT2D eigenvalue weighted by atomic mass is 16.5. The molecule has 1 rings (SSSR count). The summed E-state index contributed by atoms with van der Waals surface area (Å²) in [4.78, 5) is 11.5. The van der Waals surface area contributed by atoms with E-state index in [4.69, 9.17) is 10.5 Å². The van der Waals surface area contributed by atoms with Crippen molar-refractivity contribution in [3.63, 3.8) is 0 Å². The number of nitrogens with zero attached hydrogens (tertiary/aromatic N) is 4. The summed E-state index contributed by atoms with van der Waals surface area (Å²) in [5, 5.41) is 33.7. The van der Waals surface area contributed by atoms with E-state index < -0.39 is 17.4 Å². The summed E-state index contributed by atoms with van der Waals surface area (Å²) in [5.41, 5.74) is 0.236. The lowest BCUT2D eigenvalue weighted by Crippen LogP contribution is -2.08. The topological polar surface area (TPSA) is 119 Å². The zero-order chi connectivity index (χ0) is 15.0. The number of carbonyl (C=O) groups excluding carboxylic acids is 1. The quantitative estimate of drug-likeness (QED) is 0.225. The lowest BCUT2D eigenvalue weighted by molar-refractivity contribution is -0.138. The fourth-order valence-electron chi connectivity index (χ4n) is 1.15. The number of hydrogen-bond donors (Lipinski definition) is 1. The zero-order valence-electron chi connectivity index (χ0n) is 10.6. The van der Waals surface area contributed by atoms with Crippen LogP contribution in [0.2, 0.25) is 0 Å². The Labute approximate surface area is 115 Å². The first-order valence-electron chi connectivity index (χ1n) is 5.54. The average molecular weight is 270 g/mol. The molecule has 0 saturated heterocycles. The molecule has 0 radical (unpaired) electrons. The molecule has 0 spiro atoms. The fourth-order valence-corrected chi connectivity index (χ4v) is 1.15. The van der Waals surface area contributed by atoms with Crippen LogP contribution in [0.1, 0.15) is 12.5 Å². The second-order valence-corrected chi connectivity index (χ2v) is 3.39.